The summed E-state index contributed by atoms with van der Waals surface area (Å²) in [6.07, 6.45) is 2.82. The zero-order chi connectivity index (χ0) is 38.0. The van der Waals surface area contributed by atoms with Crippen LogP contribution in [0.2, 0.25) is 0 Å². The summed E-state index contributed by atoms with van der Waals surface area (Å²) < 4.78 is 32.8. The fourth-order valence-corrected chi connectivity index (χ4v) is 7.61. The van der Waals surface area contributed by atoms with E-state index in [1.807, 2.05) is 85.9 Å². The highest BCUT2D eigenvalue weighted by Gasteiger charge is 2.43. The van der Waals surface area contributed by atoms with Gasteiger partial charge in [0.15, 0.2) is 0 Å². The lowest BCUT2D eigenvalue weighted by atomic mass is 9.91. The van der Waals surface area contributed by atoms with E-state index >= 15 is 0 Å². The van der Waals surface area contributed by atoms with Gasteiger partial charge in [-0.3, -0.25) is 14.5 Å². The van der Waals surface area contributed by atoms with Crippen molar-refractivity contribution in [3.8, 4) is 16.9 Å². The number of nitrogens with zero attached hydrogens (tertiary/aromatic N) is 7. The minimum Gasteiger partial charge on any atom is -0.444 e. The van der Waals surface area contributed by atoms with E-state index in [4.69, 9.17) is 29.1 Å². The Balaban J connectivity index is 1.10. The molecule has 4 atom stereocenters. The number of amides is 1. The van der Waals surface area contributed by atoms with Crippen LogP contribution < -0.4 is 4.90 Å². The number of piperazine rings is 1. The molecule has 13 nitrogen and oxygen atoms in total. The number of benzene rings is 1. The molecular weight excluding hydrogens is 693 g/mol. The highest BCUT2D eigenvalue weighted by Crippen LogP contribution is 2.37. The van der Waals surface area contributed by atoms with Crippen LogP contribution in [0, 0.1) is 18.8 Å². The zero-order valence-electron chi connectivity index (χ0n) is 31.5. The second-order valence-corrected chi connectivity index (χ2v) is 15.2. The van der Waals surface area contributed by atoms with Gasteiger partial charge in [-0.15, -0.1) is 0 Å². The lowest BCUT2D eigenvalue weighted by Crippen LogP contribution is -2.66. The quantitative estimate of drug-likeness (QED) is 0.185. The maximum atomic E-state index is 14.1. The van der Waals surface area contributed by atoms with Crippen molar-refractivity contribution in [1.82, 2.24) is 29.7 Å². The lowest BCUT2D eigenvalue weighted by molar-refractivity contribution is -0.155. The van der Waals surface area contributed by atoms with Crippen molar-refractivity contribution in [1.29, 1.82) is 0 Å². The number of morpholine rings is 1. The van der Waals surface area contributed by atoms with Crippen LogP contribution in [0.15, 0.2) is 67.0 Å². The Morgan fingerprint density at radius 2 is 1.76 bits per heavy atom. The molecule has 0 radical (unpaired) electrons. The van der Waals surface area contributed by atoms with Crippen LogP contribution in [0.5, 0.6) is 0 Å². The summed E-state index contributed by atoms with van der Waals surface area (Å²) in [6, 6.07) is 16.6. The number of halogens is 1. The molecule has 7 rings (SSSR count). The van der Waals surface area contributed by atoms with Crippen LogP contribution in [0.4, 0.5) is 15.0 Å². The Morgan fingerprint density at radius 3 is 2.43 bits per heavy atom. The van der Waals surface area contributed by atoms with E-state index in [0.29, 0.717) is 51.6 Å². The number of aromatic nitrogens is 4. The first-order chi connectivity index (χ1) is 26.0. The molecule has 6 heterocycles. The Hall–Kier alpha value is -4.76. The molecule has 14 heteroatoms. The minimum atomic E-state index is -0.591. The van der Waals surface area contributed by atoms with E-state index in [9.17, 15) is 14.0 Å². The topological polar surface area (TPSA) is 124 Å². The van der Waals surface area contributed by atoms with E-state index in [1.165, 1.54) is 12.3 Å². The van der Waals surface area contributed by atoms with Crippen molar-refractivity contribution in [2.24, 2.45) is 5.92 Å². The summed E-state index contributed by atoms with van der Waals surface area (Å²) >= 11 is 0. The van der Waals surface area contributed by atoms with E-state index in [2.05, 4.69) is 9.88 Å². The molecule has 0 aliphatic carbocycles. The number of para-hydroxylation sites is 1. The third-order valence-electron chi connectivity index (χ3n) is 10.1. The molecule has 3 aromatic heterocycles. The van der Waals surface area contributed by atoms with Crippen LogP contribution in [0.25, 0.3) is 16.9 Å². The van der Waals surface area contributed by atoms with Gasteiger partial charge in [0.25, 0.3) is 0 Å². The van der Waals surface area contributed by atoms with E-state index in [1.54, 1.807) is 18.2 Å². The van der Waals surface area contributed by atoms with Crippen molar-refractivity contribution in [3.63, 3.8) is 0 Å². The van der Waals surface area contributed by atoms with Gasteiger partial charge < -0.3 is 19.1 Å². The summed E-state index contributed by atoms with van der Waals surface area (Å²) in [7, 11) is 1.63. The van der Waals surface area contributed by atoms with E-state index in [0.717, 1.165) is 34.0 Å². The molecule has 1 amide bonds. The number of fused-ring (bicyclic) bond motifs is 2. The zero-order valence-corrected chi connectivity index (χ0v) is 31.5. The number of hydrogen-bond acceptors (Lipinski definition) is 11. The van der Waals surface area contributed by atoms with Crippen molar-refractivity contribution < 1.29 is 33.0 Å². The normalized spacial score (nSPS) is 21.7. The average molecular weight is 742 g/mol. The van der Waals surface area contributed by atoms with Gasteiger partial charge in [0.2, 0.25) is 5.95 Å². The monoisotopic (exact) mass is 741 g/mol. The SMILES string of the molecule is COCCN1C[C@@H](CC(=O)Cc2c(C)c(-c3ccc(N4C[C@H]5COC[C@@H](C4)N5C(=O)OC(C)(C)C)nc3)nn2-c2ccccc2)[C@H](c2ccnc(F)c2)O1. The van der Waals surface area contributed by atoms with Gasteiger partial charge in [0.05, 0.1) is 49.0 Å². The molecule has 286 valence electrons. The molecule has 0 spiro atoms. The van der Waals surface area contributed by atoms with Crippen LogP contribution >= 0.6 is 0 Å². The molecule has 3 saturated heterocycles. The van der Waals surface area contributed by atoms with Crippen molar-refractivity contribution in [2.75, 3.05) is 58.0 Å². The number of methoxy groups -OCH3 is 1. The number of Topliss-reactive ketones (excluding diaryl/α,β-unsaturated/α-hetero) is 1. The summed E-state index contributed by atoms with van der Waals surface area (Å²) in [4.78, 5) is 45.8. The highest BCUT2D eigenvalue weighted by atomic mass is 19.1. The summed E-state index contributed by atoms with van der Waals surface area (Å²) in [5.74, 6) is 0.0405. The second-order valence-electron chi connectivity index (χ2n) is 15.2. The smallest absolute Gasteiger partial charge is 0.411 e. The minimum absolute atomic E-state index is 0.0250. The molecule has 0 unspecified atom stereocenters. The number of hydroxylamine groups is 2. The predicted molar refractivity (Wildman–Crippen MR) is 199 cm³/mol. The van der Waals surface area contributed by atoms with Gasteiger partial charge in [-0.2, -0.15) is 14.6 Å². The van der Waals surface area contributed by atoms with Crippen LogP contribution in [-0.2, 0) is 30.3 Å². The van der Waals surface area contributed by atoms with Crippen molar-refractivity contribution in [2.45, 2.75) is 64.3 Å². The van der Waals surface area contributed by atoms with E-state index < -0.39 is 17.7 Å². The molecular formula is C40H48FN7O6. The van der Waals surface area contributed by atoms with Crippen molar-refractivity contribution in [3.05, 3.63) is 89.8 Å². The molecule has 54 heavy (non-hydrogen) atoms. The summed E-state index contributed by atoms with van der Waals surface area (Å²) in [6.45, 7) is 11.1. The third kappa shape index (κ3) is 8.31. The maximum absolute atomic E-state index is 14.1. The van der Waals surface area contributed by atoms with Crippen LogP contribution in [0.3, 0.4) is 0 Å². The van der Waals surface area contributed by atoms with Gasteiger partial charge in [-0.25, -0.2) is 19.4 Å². The Labute approximate surface area is 314 Å². The molecule has 3 fully saturated rings. The first kappa shape index (κ1) is 37.6. The van der Waals surface area contributed by atoms with Gasteiger partial charge in [-0.05, 0) is 75.2 Å². The first-order valence-corrected chi connectivity index (χ1v) is 18.5. The van der Waals surface area contributed by atoms with E-state index in [-0.39, 0.29) is 42.7 Å². The predicted octanol–water partition coefficient (Wildman–Crippen LogP) is 5.35. The largest absolute Gasteiger partial charge is 0.444 e. The Kier molecular flexibility index (Phi) is 11.1. The molecule has 3 aliphatic rings. The van der Waals surface area contributed by atoms with Gasteiger partial charge in [-0.1, -0.05) is 18.2 Å². The number of anilines is 1. The molecule has 3 aliphatic heterocycles. The number of carbonyl (C=O) groups is 2. The standard InChI is InChI=1S/C40H48FN7O6/c1-26-34(19-33(49)17-29-21-46(15-16-51-5)54-38(29)27-13-14-42-35(41)18-27)48(30-9-7-6-8-10-30)44-37(26)28-11-12-36(43-20-28)45-22-31-24-52-25-32(23-45)47(31)39(50)53-40(2,3)4/h6-14,18,20,29,31-32,38H,15-17,19,21-25H2,1-5H3/t29-,31-,32+,38+/m1/s1. The number of ketones is 1. The van der Waals surface area contributed by atoms with Gasteiger partial charge >= 0.3 is 6.09 Å². The molecule has 1 aromatic carbocycles. The number of ether oxygens (including phenoxy) is 3. The van der Waals surface area contributed by atoms with Crippen molar-refractivity contribution >= 4 is 17.7 Å². The third-order valence-corrected chi connectivity index (χ3v) is 10.1. The summed E-state index contributed by atoms with van der Waals surface area (Å²) in [5.41, 5.74) is 4.15. The van der Waals surface area contributed by atoms with Gasteiger partial charge in [0.1, 0.15) is 23.3 Å². The fraction of sp³-hybridized carbons (Fsp3) is 0.475. The molecule has 0 saturated carbocycles. The highest BCUT2D eigenvalue weighted by molar-refractivity contribution is 5.82. The second kappa shape index (κ2) is 15.9. The molecule has 2 bridgehead atoms. The first-order valence-electron chi connectivity index (χ1n) is 18.5. The van der Waals surface area contributed by atoms with Gasteiger partial charge in [0, 0.05) is 70.0 Å². The Morgan fingerprint density at radius 1 is 1.00 bits per heavy atom. The maximum Gasteiger partial charge on any atom is 0.411 e. The lowest BCUT2D eigenvalue weighted by Gasteiger charge is -2.49. The molecule has 4 aromatic rings. The number of pyridine rings is 2. The number of hydrogen-bond donors (Lipinski definition) is 0. The fourth-order valence-electron chi connectivity index (χ4n) is 7.61. The molecule has 0 N–H and O–H groups in total. The average Bonchev–Trinajstić information content (AvgIpc) is 3.69. The van der Waals surface area contributed by atoms with Crippen LogP contribution in [0.1, 0.15) is 50.1 Å². The van der Waals surface area contributed by atoms with Crippen LogP contribution in [-0.4, -0.2) is 112 Å². The summed E-state index contributed by atoms with van der Waals surface area (Å²) in [5, 5.41) is 6.83. The Bertz CT molecular complexity index is 1920. The number of carbonyl (C=O) groups excluding carboxylic acids is 2. The number of rotatable bonds is 11.